The Kier molecular flexibility index (Phi) is 8.49. The predicted octanol–water partition coefficient (Wildman–Crippen LogP) is 2.69. The summed E-state index contributed by atoms with van der Waals surface area (Å²) >= 11 is 3.25. The average molecular weight is 537 g/mol. The summed E-state index contributed by atoms with van der Waals surface area (Å²) in [7, 11) is 1.21. The number of pyridine rings is 1. The second-order valence-electron chi connectivity index (χ2n) is 6.85. The molecule has 3 aromatic rings. The number of carbonyl (C=O) groups excluding carboxylic acids is 3. The second-order valence-corrected chi connectivity index (χ2v) is 7.77. The number of ether oxygens (including phenoxy) is 2. The Balaban J connectivity index is 1.73. The summed E-state index contributed by atoms with van der Waals surface area (Å²) < 4.78 is 20.7. The van der Waals surface area contributed by atoms with Crippen molar-refractivity contribution in [3.05, 3.63) is 52.1 Å². The Morgan fingerprint density at radius 3 is 2.56 bits per heavy atom. The van der Waals surface area contributed by atoms with Crippen molar-refractivity contribution < 1.29 is 37.8 Å². The zero-order chi connectivity index (χ0) is 24.7. The number of rotatable bonds is 10. The number of aliphatic hydroxyl groups excluding tert-OH is 1. The summed E-state index contributed by atoms with van der Waals surface area (Å²) in [5.41, 5.74) is -0.0493. The van der Waals surface area contributed by atoms with E-state index in [2.05, 4.69) is 40.9 Å². The van der Waals surface area contributed by atoms with Crippen LogP contribution in [-0.4, -0.2) is 58.2 Å². The lowest BCUT2D eigenvalue weighted by Crippen LogP contribution is -2.32. The summed E-state index contributed by atoms with van der Waals surface area (Å²) in [6, 6.07) is 1.81. The molecule has 3 rings (SSSR count). The smallest absolute Gasteiger partial charge is 0.360 e. The fourth-order valence-corrected chi connectivity index (χ4v) is 3.09. The van der Waals surface area contributed by atoms with E-state index in [1.165, 1.54) is 25.5 Å². The molecule has 0 aliphatic rings. The third-order valence-corrected chi connectivity index (χ3v) is 4.85. The molecular weight excluding hydrogens is 516 g/mol. The van der Waals surface area contributed by atoms with Crippen LogP contribution in [0.5, 0.6) is 0 Å². The summed E-state index contributed by atoms with van der Waals surface area (Å²) in [5, 5.41) is 12.3. The molecule has 3 aromatic heterocycles. The molecule has 0 radical (unpaired) electrons. The molecule has 0 saturated carbocycles. The van der Waals surface area contributed by atoms with E-state index in [0.717, 1.165) is 12.7 Å². The number of hydrogen-bond acceptors (Lipinski definition) is 11. The largest absolute Gasteiger partial charge is 0.464 e. The molecule has 1 unspecified atom stereocenters. The Hall–Kier alpha value is -3.58. The molecule has 0 aliphatic heterocycles. The van der Waals surface area contributed by atoms with Crippen molar-refractivity contribution in [2.75, 3.05) is 20.3 Å². The SMILES string of the molecule is CCCCOC(=O)c1cc(Br)cc(C(=O)NC(CO)c2nc(-c3nc(C(=O)OC)co3)co2)n1. The molecular formula is C21H21BrN4O8. The number of halogens is 1. The van der Waals surface area contributed by atoms with Crippen LogP contribution < -0.4 is 5.32 Å². The van der Waals surface area contributed by atoms with Gasteiger partial charge in [0.05, 0.1) is 20.3 Å². The van der Waals surface area contributed by atoms with Gasteiger partial charge in [0, 0.05) is 4.47 Å². The van der Waals surface area contributed by atoms with Gasteiger partial charge in [-0.05, 0) is 18.6 Å². The van der Waals surface area contributed by atoms with Crippen molar-refractivity contribution in [3.8, 4) is 11.6 Å². The van der Waals surface area contributed by atoms with E-state index in [9.17, 15) is 19.5 Å². The molecule has 3 heterocycles. The van der Waals surface area contributed by atoms with E-state index in [1.807, 2.05) is 6.92 Å². The van der Waals surface area contributed by atoms with Crippen molar-refractivity contribution in [1.29, 1.82) is 0 Å². The molecule has 0 bridgehead atoms. The monoisotopic (exact) mass is 536 g/mol. The van der Waals surface area contributed by atoms with Gasteiger partial charge in [-0.25, -0.2) is 24.5 Å². The minimum absolute atomic E-state index is 0.0155. The summed E-state index contributed by atoms with van der Waals surface area (Å²) in [4.78, 5) is 48.6. The maximum absolute atomic E-state index is 12.8. The molecule has 13 heteroatoms. The van der Waals surface area contributed by atoms with E-state index >= 15 is 0 Å². The molecule has 180 valence electrons. The standard InChI is InChI=1S/C21H21BrN4O8/c1-3-4-5-32-21(30)13-7-11(22)6-12(23-13)17(28)24-14(8-27)18-25-15(9-33-18)19-26-16(10-34-19)20(29)31-2/h6-7,9-10,14,27H,3-5,8H2,1-2H3,(H,24,28). The van der Waals surface area contributed by atoms with Crippen LogP contribution in [0.1, 0.15) is 63.2 Å². The fourth-order valence-electron chi connectivity index (χ4n) is 2.65. The number of methoxy groups -OCH3 is 1. The van der Waals surface area contributed by atoms with Crippen LogP contribution >= 0.6 is 15.9 Å². The molecule has 1 atom stereocenters. The molecule has 0 aromatic carbocycles. The highest BCUT2D eigenvalue weighted by Gasteiger charge is 2.24. The number of aromatic nitrogens is 3. The zero-order valence-electron chi connectivity index (χ0n) is 18.2. The Morgan fingerprint density at radius 2 is 1.85 bits per heavy atom. The van der Waals surface area contributed by atoms with Gasteiger partial charge in [-0.3, -0.25) is 4.79 Å². The van der Waals surface area contributed by atoms with Gasteiger partial charge in [0.25, 0.3) is 5.91 Å². The van der Waals surface area contributed by atoms with Crippen LogP contribution in [0, 0.1) is 0 Å². The minimum Gasteiger partial charge on any atom is -0.464 e. The second kappa shape index (κ2) is 11.5. The summed E-state index contributed by atoms with van der Waals surface area (Å²) in [6.45, 7) is 1.66. The first-order valence-corrected chi connectivity index (χ1v) is 10.9. The third-order valence-electron chi connectivity index (χ3n) is 4.39. The average Bonchev–Trinajstić information content (AvgIpc) is 3.51. The number of aliphatic hydroxyl groups is 1. The highest BCUT2D eigenvalue weighted by Crippen LogP contribution is 2.22. The molecule has 0 aliphatic carbocycles. The van der Waals surface area contributed by atoms with E-state index in [0.29, 0.717) is 10.9 Å². The van der Waals surface area contributed by atoms with Gasteiger partial charge in [0.2, 0.25) is 11.8 Å². The number of hydrogen-bond donors (Lipinski definition) is 2. The molecule has 1 amide bonds. The van der Waals surface area contributed by atoms with Crippen molar-refractivity contribution >= 4 is 33.8 Å². The molecule has 2 N–H and O–H groups in total. The highest BCUT2D eigenvalue weighted by atomic mass is 79.9. The van der Waals surface area contributed by atoms with Gasteiger partial charge < -0.3 is 28.7 Å². The van der Waals surface area contributed by atoms with Crippen molar-refractivity contribution in [3.63, 3.8) is 0 Å². The molecule has 34 heavy (non-hydrogen) atoms. The normalized spacial score (nSPS) is 11.6. The number of amides is 1. The predicted molar refractivity (Wildman–Crippen MR) is 118 cm³/mol. The van der Waals surface area contributed by atoms with Gasteiger partial charge >= 0.3 is 11.9 Å². The summed E-state index contributed by atoms with van der Waals surface area (Å²) in [5.74, 6) is -2.09. The first-order chi connectivity index (χ1) is 16.4. The molecule has 0 saturated heterocycles. The van der Waals surface area contributed by atoms with E-state index < -0.39 is 30.5 Å². The van der Waals surface area contributed by atoms with Crippen LogP contribution in [0.4, 0.5) is 0 Å². The molecule has 12 nitrogen and oxygen atoms in total. The molecule has 0 spiro atoms. The van der Waals surface area contributed by atoms with Crippen LogP contribution in [-0.2, 0) is 9.47 Å². The van der Waals surface area contributed by atoms with Crippen LogP contribution in [0.3, 0.4) is 0 Å². The zero-order valence-corrected chi connectivity index (χ0v) is 19.8. The number of carbonyl (C=O) groups is 3. The summed E-state index contributed by atoms with van der Waals surface area (Å²) in [6.07, 6.45) is 3.87. The topological polar surface area (TPSA) is 167 Å². The highest BCUT2D eigenvalue weighted by molar-refractivity contribution is 9.10. The van der Waals surface area contributed by atoms with Crippen LogP contribution in [0.2, 0.25) is 0 Å². The first-order valence-electron chi connectivity index (χ1n) is 10.1. The van der Waals surface area contributed by atoms with E-state index in [-0.39, 0.29) is 41.2 Å². The minimum atomic E-state index is -1.04. The maximum Gasteiger partial charge on any atom is 0.360 e. The Labute approximate surface area is 201 Å². The molecule has 0 fully saturated rings. The van der Waals surface area contributed by atoms with Crippen molar-refractivity contribution in [1.82, 2.24) is 20.3 Å². The van der Waals surface area contributed by atoms with E-state index in [1.54, 1.807) is 0 Å². The van der Waals surface area contributed by atoms with Gasteiger partial charge in [-0.15, -0.1) is 0 Å². The number of unbranched alkanes of at least 4 members (excludes halogenated alkanes) is 1. The Bertz CT molecular complexity index is 1180. The van der Waals surface area contributed by atoms with Crippen LogP contribution in [0.15, 0.2) is 38.0 Å². The number of nitrogens with zero attached hydrogens (tertiary/aromatic N) is 3. The van der Waals surface area contributed by atoms with Crippen LogP contribution in [0.25, 0.3) is 11.6 Å². The number of oxazole rings is 2. The lowest BCUT2D eigenvalue weighted by molar-refractivity contribution is 0.0491. The quantitative estimate of drug-likeness (QED) is 0.288. The number of esters is 2. The van der Waals surface area contributed by atoms with Crippen molar-refractivity contribution in [2.24, 2.45) is 0 Å². The van der Waals surface area contributed by atoms with Gasteiger partial charge in [-0.1, -0.05) is 29.3 Å². The van der Waals surface area contributed by atoms with Crippen molar-refractivity contribution in [2.45, 2.75) is 25.8 Å². The lowest BCUT2D eigenvalue weighted by atomic mass is 10.2. The number of nitrogens with one attached hydrogen (secondary N) is 1. The van der Waals surface area contributed by atoms with Gasteiger partial charge in [0.1, 0.15) is 30.0 Å². The first kappa shape index (κ1) is 25.1. The van der Waals surface area contributed by atoms with Gasteiger partial charge in [-0.2, -0.15) is 0 Å². The maximum atomic E-state index is 12.8. The van der Waals surface area contributed by atoms with E-state index in [4.69, 9.17) is 13.6 Å². The third kappa shape index (κ3) is 6.05. The fraction of sp³-hybridized carbons (Fsp3) is 0.333. The Morgan fingerprint density at radius 1 is 1.09 bits per heavy atom. The lowest BCUT2D eigenvalue weighted by Gasteiger charge is -2.13. The van der Waals surface area contributed by atoms with Gasteiger partial charge in [0.15, 0.2) is 11.4 Å².